The molecule has 0 bridgehead atoms. The molecule has 0 saturated carbocycles. The lowest BCUT2D eigenvalue weighted by molar-refractivity contribution is 0.277. The summed E-state index contributed by atoms with van der Waals surface area (Å²) in [6, 6.07) is 3.70. The lowest BCUT2D eigenvalue weighted by atomic mass is 10.3. The van der Waals surface area contributed by atoms with Crippen LogP contribution in [0, 0.1) is 0 Å². The SMILES string of the molecule is OCc1ccc2c(Br)nsc2n1. The van der Waals surface area contributed by atoms with Gasteiger partial charge in [-0.25, -0.2) is 4.98 Å². The zero-order valence-corrected chi connectivity index (χ0v) is 8.39. The third-order valence-corrected chi connectivity index (χ3v) is 3.11. The van der Waals surface area contributed by atoms with Crippen molar-refractivity contribution >= 4 is 37.7 Å². The van der Waals surface area contributed by atoms with Gasteiger partial charge in [-0.05, 0) is 39.6 Å². The first kappa shape index (κ1) is 8.10. The molecule has 0 aliphatic rings. The minimum atomic E-state index is -0.0224. The summed E-state index contributed by atoms with van der Waals surface area (Å²) < 4.78 is 4.90. The first-order valence-electron chi connectivity index (χ1n) is 3.33. The number of halogens is 1. The molecule has 0 unspecified atom stereocenters. The normalized spacial score (nSPS) is 10.8. The third kappa shape index (κ3) is 1.24. The fourth-order valence-electron chi connectivity index (χ4n) is 0.926. The molecule has 0 spiro atoms. The van der Waals surface area contributed by atoms with E-state index in [1.807, 2.05) is 6.07 Å². The first-order valence-corrected chi connectivity index (χ1v) is 4.89. The zero-order valence-electron chi connectivity index (χ0n) is 5.99. The Hall–Kier alpha value is -0.520. The van der Waals surface area contributed by atoms with Crippen molar-refractivity contribution in [2.24, 2.45) is 0 Å². The maximum atomic E-state index is 8.81. The summed E-state index contributed by atoms with van der Waals surface area (Å²) in [7, 11) is 0. The van der Waals surface area contributed by atoms with Crippen LogP contribution in [-0.2, 0) is 6.61 Å². The molecule has 1 N–H and O–H groups in total. The molecule has 0 amide bonds. The van der Waals surface area contributed by atoms with Crippen LogP contribution in [0.25, 0.3) is 10.2 Å². The minimum absolute atomic E-state index is 0.0224. The van der Waals surface area contributed by atoms with E-state index in [1.165, 1.54) is 11.5 Å². The Balaban J connectivity index is 2.69. The molecule has 0 aliphatic carbocycles. The number of aliphatic hydroxyl groups excluding tert-OH is 1. The zero-order chi connectivity index (χ0) is 8.55. The number of pyridine rings is 1. The summed E-state index contributed by atoms with van der Waals surface area (Å²) in [5.41, 5.74) is 0.679. The highest BCUT2D eigenvalue weighted by molar-refractivity contribution is 9.10. The summed E-state index contributed by atoms with van der Waals surface area (Å²) in [5.74, 6) is 0. The second-order valence-corrected chi connectivity index (χ2v) is 3.79. The molecular weight excluding hydrogens is 240 g/mol. The van der Waals surface area contributed by atoms with Gasteiger partial charge in [0.05, 0.1) is 12.3 Å². The Bertz CT molecular complexity index is 415. The van der Waals surface area contributed by atoms with Crippen LogP contribution in [0.1, 0.15) is 5.69 Å². The van der Waals surface area contributed by atoms with Crippen molar-refractivity contribution in [2.75, 3.05) is 0 Å². The van der Waals surface area contributed by atoms with Crippen molar-refractivity contribution in [1.82, 2.24) is 9.36 Å². The highest BCUT2D eigenvalue weighted by Crippen LogP contribution is 2.25. The molecule has 62 valence electrons. The standard InChI is InChI=1S/C7H5BrN2OS/c8-6-5-2-1-4(3-11)9-7(5)12-10-6/h1-2,11H,3H2. The first-order chi connectivity index (χ1) is 5.81. The van der Waals surface area contributed by atoms with Gasteiger partial charge >= 0.3 is 0 Å². The second kappa shape index (κ2) is 3.08. The molecule has 2 aromatic heterocycles. The van der Waals surface area contributed by atoms with Gasteiger partial charge in [-0.3, -0.25) is 0 Å². The molecule has 5 heteroatoms. The van der Waals surface area contributed by atoms with E-state index in [0.29, 0.717) is 5.69 Å². The van der Waals surface area contributed by atoms with Gasteiger partial charge in [0.2, 0.25) is 0 Å². The van der Waals surface area contributed by atoms with E-state index in [-0.39, 0.29) is 6.61 Å². The molecule has 2 rings (SSSR count). The molecule has 0 aliphatic heterocycles. The average Bonchev–Trinajstić information content (AvgIpc) is 2.47. The number of aliphatic hydroxyl groups is 1. The van der Waals surface area contributed by atoms with Gasteiger partial charge in [0.1, 0.15) is 9.43 Å². The monoisotopic (exact) mass is 244 g/mol. The Labute approximate surface area is 81.4 Å². The largest absolute Gasteiger partial charge is 0.390 e. The van der Waals surface area contributed by atoms with Crippen molar-refractivity contribution in [3.8, 4) is 0 Å². The van der Waals surface area contributed by atoms with E-state index in [4.69, 9.17) is 5.11 Å². The van der Waals surface area contributed by atoms with Crippen LogP contribution in [0.2, 0.25) is 0 Å². The third-order valence-electron chi connectivity index (χ3n) is 1.51. The predicted molar refractivity (Wildman–Crippen MR) is 51.0 cm³/mol. The van der Waals surface area contributed by atoms with Crippen LogP contribution in [0.4, 0.5) is 0 Å². The highest BCUT2D eigenvalue weighted by atomic mass is 79.9. The fourth-order valence-corrected chi connectivity index (χ4v) is 2.28. The van der Waals surface area contributed by atoms with E-state index in [9.17, 15) is 0 Å². The highest BCUT2D eigenvalue weighted by Gasteiger charge is 2.04. The van der Waals surface area contributed by atoms with E-state index in [0.717, 1.165) is 14.8 Å². The molecule has 12 heavy (non-hydrogen) atoms. The molecule has 0 radical (unpaired) electrons. The number of fused-ring (bicyclic) bond motifs is 1. The Morgan fingerprint density at radius 2 is 2.33 bits per heavy atom. The van der Waals surface area contributed by atoms with Gasteiger partial charge in [-0.15, -0.1) is 0 Å². The van der Waals surface area contributed by atoms with E-state index >= 15 is 0 Å². The maximum Gasteiger partial charge on any atom is 0.144 e. The maximum absolute atomic E-state index is 8.81. The second-order valence-electron chi connectivity index (χ2n) is 2.29. The predicted octanol–water partition coefficient (Wildman–Crippen LogP) is 1.95. The smallest absolute Gasteiger partial charge is 0.144 e. The van der Waals surface area contributed by atoms with E-state index in [1.54, 1.807) is 6.07 Å². The Kier molecular flexibility index (Phi) is 2.08. The molecule has 0 saturated heterocycles. The van der Waals surface area contributed by atoms with Gasteiger partial charge in [0.25, 0.3) is 0 Å². The molecule has 2 heterocycles. The number of hydrogen-bond donors (Lipinski definition) is 1. The van der Waals surface area contributed by atoms with E-state index < -0.39 is 0 Å². The number of aromatic nitrogens is 2. The van der Waals surface area contributed by atoms with Gasteiger partial charge in [-0.2, -0.15) is 4.37 Å². The van der Waals surface area contributed by atoms with Crippen LogP contribution >= 0.6 is 27.5 Å². The van der Waals surface area contributed by atoms with Gasteiger partial charge < -0.3 is 5.11 Å². The van der Waals surface area contributed by atoms with Crippen molar-refractivity contribution in [2.45, 2.75) is 6.61 Å². The molecule has 3 nitrogen and oxygen atoms in total. The van der Waals surface area contributed by atoms with Crippen LogP contribution < -0.4 is 0 Å². The van der Waals surface area contributed by atoms with E-state index in [2.05, 4.69) is 25.3 Å². The van der Waals surface area contributed by atoms with Crippen molar-refractivity contribution in [3.63, 3.8) is 0 Å². The lowest BCUT2D eigenvalue weighted by Gasteiger charge is -1.93. The lowest BCUT2D eigenvalue weighted by Crippen LogP contribution is -1.86. The van der Waals surface area contributed by atoms with Crippen molar-refractivity contribution < 1.29 is 5.11 Å². The summed E-state index contributed by atoms with van der Waals surface area (Å²) in [6.07, 6.45) is 0. The molecule has 0 fully saturated rings. The quantitative estimate of drug-likeness (QED) is 0.835. The summed E-state index contributed by atoms with van der Waals surface area (Å²) in [4.78, 5) is 5.05. The molecular formula is C7H5BrN2OS. The van der Waals surface area contributed by atoms with Gasteiger partial charge in [0, 0.05) is 5.39 Å². The summed E-state index contributed by atoms with van der Waals surface area (Å²) in [5, 5.41) is 9.81. The number of nitrogens with zero attached hydrogens (tertiary/aromatic N) is 2. The summed E-state index contributed by atoms with van der Waals surface area (Å²) >= 11 is 4.63. The molecule has 0 atom stereocenters. The van der Waals surface area contributed by atoms with Crippen LogP contribution in [0.5, 0.6) is 0 Å². The Morgan fingerprint density at radius 1 is 1.50 bits per heavy atom. The minimum Gasteiger partial charge on any atom is -0.390 e. The molecule has 2 aromatic rings. The average molecular weight is 245 g/mol. The van der Waals surface area contributed by atoms with Crippen molar-refractivity contribution in [3.05, 3.63) is 22.4 Å². The topological polar surface area (TPSA) is 46.0 Å². The summed E-state index contributed by atoms with van der Waals surface area (Å²) in [6.45, 7) is -0.0224. The fraction of sp³-hybridized carbons (Fsp3) is 0.143. The number of hydrogen-bond acceptors (Lipinski definition) is 4. The van der Waals surface area contributed by atoms with Crippen LogP contribution in [0.15, 0.2) is 16.7 Å². The van der Waals surface area contributed by atoms with Crippen LogP contribution in [-0.4, -0.2) is 14.5 Å². The van der Waals surface area contributed by atoms with Crippen LogP contribution in [0.3, 0.4) is 0 Å². The van der Waals surface area contributed by atoms with Gasteiger partial charge in [-0.1, -0.05) is 0 Å². The van der Waals surface area contributed by atoms with Crippen molar-refractivity contribution in [1.29, 1.82) is 0 Å². The number of rotatable bonds is 1. The Morgan fingerprint density at radius 3 is 3.08 bits per heavy atom. The van der Waals surface area contributed by atoms with Gasteiger partial charge in [0.15, 0.2) is 0 Å². The molecule has 0 aromatic carbocycles.